The number of hydrogen-bond donors (Lipinski definition) is 0. The van der Waals surface area contributed by atoms with E-state index in [9.17, 15) is 17.2 Å². The van der Waals surface area contributed by atoms with Gasteiger partial charge < -0.3 is 4.74 Å². The molecule has 0 aromatic heterocycles. The summed E-state index contributed by atoms with van der Waals surface area (Å²) in [6.07, 6.45) is 1.27. The number of rotatable bonds is 3. The summed E-state index contributed by atoms with van der Waals surface area (Å²) in [5.41, 5.74) is 0.0511. The molecule has 1 aliphatic rings. The van der Waals surface area contributed by atoms with Gasteiger partial charge in [-0.1, -0.05) is 6.07 Å². The molecule has 0 radical (unpaired) electrons. The zero-order valence-electron chi connectivity index (χ0n) is 10.7. The Morgan fingerprint density at radius 2 is 1.71 bits per heavy atom. The van der Waals surface area contributed by atoms with E-state index in [0.29, 0.717) is 5.75 Å². The molecule has 6 heteroatoms. The van der Waals surface area contributed by atoms with Gasteiger partial charge in [-0.3, -0.25) is 0 Å². The van der Waals surface area contributed by atoms with Crippen molar-refractivity contribution in [1.29, 1.82) is 0 Å². The first-order chi connectivity index (χ1) is 9.98. The highest BCUT2D eigenvalue weighted by atomic mass is 32.2. The van der Waals surface area contributed by atoms with E-state index in [1.165, 1.54) is 48.5 Å². The van der Waals surface area contributed by atoms with Crippen molar-refractivity contribution in [2.45, 2.75) is 4.90 Å². The van der Waals surface area contributed by atoms with E-state index in [-0.39, 0.29) is 22.0 Å². The molecule has 0 amide bonds. The third kappa shape index (κ3) is 2.42. The van der Waals surface area contributed by atoms with Crippen LogP contribution in [0.15, 0.2) is 52.3 Å². The molecular formula is C15H10F2O3S. The summed E-state index contributed by atoms with van der Waals surface area (Å²) in [6.45, 7) is -0.234. The molecule has 3 nitrogen and oxygen atoms in total. The minimum absolute atomic E-state index is 0.0214. The van der Waals surface area contributed by atoms with E-state index < -0.39 is 21.5 Å². The van der Waals surface area contributed by atoms with Gasteiger partial charge in [0.05, 0.1) is 9.80 Å². The summed E-state index contributed by atoms with van der Waals surface area (Å²) in [7, 11) is -3.73. The summed E-state index contributed by atoms with van der Waals surface area (Å²) in [5.74, 6) is -0.665. The van der Waals surface area contributed by atoms with Gasteiger partial charge in [0.15, 0.2) is 0 Å². The van der Waals surface area contributed by atoms with Gasteiger partial charge in [0.1, 0.15) is 24.0 Å². The molecule has 0 saturated heterocycles. The molecule has 1 heterocycles. The van der Waals surface area contributed by atoms with Crippen LogP contribution in [0.5, 0.6) is 5.75 Å². The van der Waals surface area contributed by atoms with Crippen LogP contribution in [0.1, 0.15) is 5.56 Å². The number of benzene rings is 2. The van der Waals surface area contributed by atoms with Crippen molar-refractivity contribution < 1.29 is 21.9 Å². The van der Waals surface area contributed by atoms with Gasteiger partial charge in [-0.2, -0.15) is 0 Å². The smallest absolute Gasteiger partial charge is 0.206 e. The second kappa shape index (κ2) is 4.96. The second-order valence-electron chi connectivity index (χ2n) is 4.51. The predicted molar refractivity (Wildman–Crippen MR) is 73.5 cm³/mol. The van der Waals surface area contributed by atoms with Gasteiger partial charge in [-0.25, -0.2) is 17.2 Å². The summed E-state index contributed by atoms with van der Waals surface area (Å²) in [6, 6.07) is 9.12. The fraction of sp³-hybridized carbons (Fsp3) is 0.0667. The molecule has 2 aromatic rings. The normalized spacial score (nSPS) is 15.4. The Hall–Kier alpha value is -2.21. The maximum Gasteiger partial charge on any atom is 0.206 e. The number of fused-ring (bicyclic) bond motifs is 1. The van der Waals surface area contributed by atoms with Crippen molar-refractivity contribution in [3.63, 3.8) is 0 Å². The molecular weight excluding hydrogens is 298 g/mol. The topological polar surface area (TPSA) is 43.4 Å². The lowest BCUT2D eigenvalue weighted by Gasteiger charge is -2.07. The molecule has 0 atom stereocenters. The van der Waals surface area contributed by atoms with Crippen molar-refractivity contribution in [1.82, 2.24) is 0 Å². The minimum Gasteiger partial charge on any atom is -0.488 e. The number of halogens is 2. The Morgan fingerprint density at radius 1 is 1.00 bits per heavy atom. The maximum atomic E-state index is 13.6. The van der Waals surface area contributed by atoms with Gasteiger partial charge in [0.2, 0.25) is 9.84 Å². The molecule has 3 rings (SSSR count). The molecule has 108 valence electrons. The zero-order chi connectivity index (χ0) is 15.0. The first-order valence-corrected chi connectivity index (χ1v) is 7.59. The van der Waals surface area contributed by atoms with Gasteiger partial charge in [-0.15, -0.1) is 0 Å². The van der Waals surface area contributed by atoms with Crippen LogP contribution in [0.4, 0.5) is 8.78 Å². The maximum absolute atomic E-state index is 13.6. The highest BCUT2D eigenvalue weighted by Crippen LogP contribution is 2.34. The average molecular weight is 308 g/mol. The van der Waals surface area contributed by atoms with Gasteiger partial charge in [-0.05, 0) is 42.5 Å². The Kier molecular flexibility index (Phi) is 3.25. The monoisotopic (exact) mass is 308 g/mol. The Balaban J connectivity index is 1.86. The number of sulfone groups is 1. The molecule has 0 aliphatic carbocycles. The lowest BCUT2D eigenvalue weighted by atomic mass is 10.2. The van der Waals surface area contributed by atoms with E-state index in [0.717, 1.165) is 0 Å². The van der Waals surface area contributed by atoms with Crippen LogP contribution in [0.3, 0.4) is 0 Å². The molecule has 21 heavy (non-hydrogen) atoms. The molecule has 1 aliphatic heterocycles. The fourth-order valence-corrected chi connectivity index (χ4v) is 3.55. The van der Waals surface area contributed by atoms with Crippen LogP contribution in [-0.2, 0) is 9.84 Å². The van der Waals surface area contributed by atoms with E-state index in [1.54, 1.807) is 0 Å². The molecule has 0 spiro atoms. The van der Waals surface area contributed by atoms with E-state index >= 15 is 0 Å². The quantitative estimate of drug-likeness (QED) is 0.874. The first-order valence-electron chi connectivity index (χ1n) is 6.11. The summed E-state index contributed by atoms with van der Waals surface area (Å²) in [5, 5.41) is 0. The van der Waals surface area contributed by atoms with Crippen molar-refractivity contribution in [3.8, 4) is 5.75 Å². The lowest BCUT2D eigenvalue weighted by molar-refractivity contribution is 0.358. The van der Waals surface area contributed by atoms with Crippen LogP contribution < -0.4 is 4.74 Å². The third-order valence-corrected chi connectivity index (χ3v) is 5.01. The van der Waals surface area contributed by atoms with Crippen molar-refractivity contribution in [3.05, 3.63) is 64.6 Å². The van der Waals surface area contributed by atoms with Crippen molar-refractivity contribution in [2.24, 2.45) is 0 Å². The first kappa shape index (κ1) is 13.8. The van der Waals surface area contributed by atoms with Crippen LogP contribution in [0.25, 0.3) is 6.08 Å². The van der Waals surface area contributed by atoms with Gasteiger partial charge in [0.25, 0.3) is 0 Å². The van der Waals surface area contributed by atoms with Gasteiger partial charge in [0, 0.05) is 5.56 Å². The Labute approximate surface area is 120 Å². The number of hydrogen-bond acceptors (Lipinski definition) is 3. The summed E-state index contributed by atoms with van der Waals surface area (Å²) in [4.78, 5) is -0.0767. The molecule has 0 bridgehead atoms. The van der Waals surface area contributed by atoms with E-state index in [1.807, 2.05) is 0 Å². The fourth-order valence-electron chi connectivity index (χ4n) is 2.08. The van der Waals surface area contributed by atoms with Crippen LogP contribution in [-0.4, -0.2) is 15.0 Å². The third-order valence-electron chi connectivity index (χ3n) is 3.15. The largest absolute Gasteiger partial charge is 0.488 e. The Bertz CT molecular complexity index is 824. The highest BCUT2D eigenvalue weighted by molar-refractivity contribution is 7.95. The summed E-state index contributed by atoms with van der Waals surface area (Å²) < 4.78 is 56.2. The molecule has 0 saturated carbocycles. The van der Waals surface area contributed by atoms with Crippen molar-refractivity contribution in [2.75, 3.05) is 6.61 Å². The molecule has 2 aromatic carbocycles. The average Bonchev–Trinajstić information content (AvgIpc) is 2.71. The standard InChI is InChI=1S/C15H10F2O3S/c16-10-4-6-11(7-5-10)20-9-12-8-13-14(17)2-1-3-15(13)21(12,18)19/h1-8H,9H2. The van der Waals surface area contributed by atoms with Crippen LogP contribution in [0.2, 0.25) is 0 Å². The molecule has 0 fully saturated rings. The molecule has 0 unspecified atom stereocenters. The van der Waals surface area contributed by atoms with Crippen LogP contribution in [0, 0.1) is 11.6 Å². The predicted octanol–water partition coefficient (Wildman–Crippen LogP) is 3.17. The zero-order valence-corrected chi connectivity index (χ0v) is 11.5. The molecule has 0 N–H and O–H groups in total. The highest BCUT2D eigenvalue weighted by Gasteiger charge is 2.31. The van der Waals surface area contributed by atoms with Crippen LogP contribution >= 0.6 is 0 Å². The summed E-state index contributed by atoms with van der Waals surface area (Å²) >= 11 is 0. The van der Waals surface area contributed by atoms with Gasteiger partial charge >= 0.3 is 0 Å². The van der Waals surface area contributed by atoms with E-state index in [2.05, 4.69) is 0 Å². The van der Waals surface area contributed by atoms with E-state index in [4.69, 9.17) is 4.74 Å². The van der Waals surface area contributed by atoms with Crippen molar-refractivity contribution >= 4 is 15.9 Å². The Morgan fingerprint density at radius 3 is 2.38 bits per heavy atom. The minimum atomic E-state index is -3.73. The number of ether oxygens (including phenoxy) is 1. The second-order valence-corrected chi connectivity index (χ2v) is 6.48. The SMILES string of the molecule is O=S1(=O)C(COc2ccc(F)cc2)=Cc2c(F)cccc21. The lowest BCUT2D eigenvalue weighted by Crippen LogP contribution is -2.09.